The highest BCUT2D eigenvalue weighted by atomic mass is 16.2. The summed E-state index contributed by atoms with van der Waals surface area (Å²) in [5, 5.41) is 6.25. The Balaban J connectivity index is 1.90. The van der Waals surface area contributed by atoms with Gasteiger partial charge in [0.1, 0.15) is 0 Å². The molecule has 0 bridgehead atoms. The Morgan fingerprint density at radius 2 is 2.10 bits per heavy atom. The van der Waals surface area contributed by atoms with E-state index >= 15 is 0 Å². The number of benzene rings is 1. The van der Waals surface area contributed by atoms with E-state index in [0.717, 1.165) is 16.5 Å². The molecule has 6 nitrogen and oxygen atoms in total. The Morgan fingerprint density at radius 1 is 1.33 bits per heavy atom. The molecule has 0 aliphatic heterocycles. The molecule has 1 aromatic carbocycles. The number of rotatable bonds is 6. The average Bonchev–Trinajstić information content (AvgIpc) is 2.90. The van der Waals surface area contributed by atoms with Gasteiger partial charge in [0.15, 0.2) is 0 Å². The quantitative estimate of drug-likeness (QED) is 0.614. The summed E-state index contributed by atoms with van der Waals surface area (Å²) in [7, 11) is 1.56. The summed E-state index contributed by atoms with van der Waals surface area (Å²) in [5.41, 5.74) is 7.96. The molecule has 1 atom stereocenters. The molecule has 0 aliphatic carbocycles. The SMILES string of the molecule is CNC(=O)CCNC(=O)C(N)Cc1c[nH]c2ccccc12. The van der Waals surface area contributed by atoms with Crippen LogP contribution in [0.15, 0.2) is 30.5 Å². The van der Waals surface area contributed by atoms with Crippen LogP contribution in [0.3, 0.4) is 0 Å². The molecule has 6 heteroatoms. The van der Waals surface area contributed by atoms with E-state index in [0.29, 0.717) is 13.0 Å². The first-order valence-electron chi connectivity index (χ1n) is 6.90. The zero-order valence-corrected chi connectivity index (χ0v) is 12.0. The van der Waals surface area contributed by atoms with Crippen LogP contribution >= 0.6 is 0 Å². The molecule has 2 rings (SSSR count). The van der Waals surface area contributed by atoms with Crippen LogP contribution in [0.5, 0.6) is 0 Å². The second kappa shape index (κ2) is 6.90. The summed E-state index contributed by atoms with van der Waals surface area (Å²) in [6.45, 7) is 0.292. The lowest BCUT2D eigenvalue weighted by Crippen LogP contribution is -2.43. The van der Waals surface area contributed by atoms with Crippen molar-refractivity contribution in [1.29, 1.82) is 0 Å². The van der Waals surface area contributed by atoms with Gasteiger partial charge in [0.2, 0.25) is 11.8 Å². The van der Waals surface area contributed by atoms with Crippen LogP contribution in [0.25, 0.3) is 10.9 Å². The highest BCUT2D eigenvalue weighted by Crippen LogP contribution is 2.18. The van der Waals surface area contributed by atoms with Gasteiger partial charge in [-0.05, 0) is 18.1 Å². The Bertz CT molecular complexity index is 635. The molecule has 0 saturated carbocycles. The van der Waals surface area contributed by atoms with Crippen molar-refractivity contribution in [3.8, 4) is 0 Å². The summed E-state index contributed by atoms with van der Waals surface area (Å²) in [5.74, 6) is -0.357. The van der Waals surface area contributed by atoms with Gasteiger partial charge in [-0.15, -0.1) is 0 Å². The van der Waals surface area contributed by atoms with Gasteiger partial charge >= 0.3 is 0 Å². The fourth-order valence-corrected chi connectivity index (χ4v) is 2.19. The van der Waals surface area contributed by atoms with Gasteiger partial charge in [0.25, 0.3) is 0 Å². The van der Waals surface area contributed by atoms with Crippen LogP contribution in [0.1, 0.15) is 12.0 Å². The summed E-state index contributed by atoms with van der Waals surface area (Å²) >= 11 is 0. The maximum absolute atomic E-state index is 11.9. The van der Waals surface area contributed by atoms with Crippen molar-refractivity contribution in [2.24, 2.45) is 5.73 Å². The third-order valence-electron chi connectivity index (χ3n) is 3.38. The smallest absolute Gasteiger partial charge is 0.237 e. The first-order valence-corrected chi connectivity index (χ1v) is 6.90. The molecule has 0 aliphatic rings. The van der Waals surface area contributed by atoms with E-state index in [1.807, 2.05) is 30.5 Å². The lowest BCUT2D eigenvalue weighted by Gasteiger charge is -2.11. The third kappa shape index (κ3) is 3.82. The van der Waals surface area contributed by atoms with Gasteiger partial charge in [0, 0.05) is 37.1 Å². The monoisotopic (exact) mass is 288 g/mol. The molecule has 0 radical (unpaired) electrons. The first kappa shape index (κ1) is 15.1. The summed E-state index contributed by atoms with van der Waals surface area (Å²) in [6, 6.07) is 7.25. The Labute approximate surface area is 123 Å². The minimum atomic E-state index is -0.631. The molecule has 0 spiro atoms. The molecule has 1 unspecified atom stereocenters. The predicted molar refractivity (Wildman–Crippen MR) is 81.7 cm³/mol. The number of hydrogen-bond acceptors (Lipinski definition) is 3. The molecule has 5 N–H and O–H groups in total. The number of amides is 2. The van der Waals surface area contributed by atoms with Crippen LogP contribution in [0.2, 0.25) is 0 Å². The number of nitrogens with two attached hydrogens (primary N) is 1. The van der Waals surface area contributed by atoms with E-state index in [9.17, 15) is 9.59 Å². The molecule has 0 saturated heterocycles. The third-order valence-corrected chi connectivity index (χ3v) is 3.38. The number of H-pyrrole nitrogens is 1. The number of carbonyl (C=O) groups excluding carboxylic acids is 2. The van der Waals surface area contributed by atoms with Crippen LogP contribution in [0.4, 0.5) is 0 Å². The Kier molecular flexibility index (Phi) is 4.94. The molecule has 2 aromatic rings. The molecular formula is C15H20N4O2. The molecule has 21 heavy (non-hydrogen) atoms. The van der Waals surface area contributed by atoms with Crippen molar-refractivity contribution in [3.05, 3.63) is 36.0 Å². The van der Waals surface area contributed by atoms with Crippen molar-refractivity contribution < 1.29 is 9.59 Å². The van der Waals surface area contributed by atoms with Gasteiger partial charge in [0.05, 0.1) is 6.04 Å². The second-order valence-corrected chi connectivity index (χ2v) is 4.88. The Hall–Kier alpha value is -2.34. The van der Waals surface area contributed by atoms with Crippen molar-refractivity contribution in [2.45, 2.75) is 18.9 Å². The zero-order chi connectivity index (χ0) is 15.2. The second-order valence-electron chi connectivity index (χ2n) is 4.88. The van der Waals surface area contributed by atoms with Gasteiger partial charge < -0.3 is 21.4 Å². The largest absolute Gasteiger partial charge is 0.361 e. The number of fused-ring (bicyclic) bond motifs is 1. The number of aromatic nitrogens is 1. The molecule has 112 valence electrons. The molecule has 2 amide bonds. The number of para-hydroxylation sites is 1. The topological polar surface area (TPSA) is 100 Å². The van der Waals surface area contributed by atoms with Gasteiger partial charge in [-0.3, -0.25) is 9.59 Å². The van der Waals surface area contributed by atoms with Crippen molar-refractivity contribution >= 4 is 22.7 Å². The maximum Gasteiger partial charge on any atom is 0.237 e. The van der Waals surface area contributed by atoms with Crippen molar-refractivity contribution in [1.82, 2.24) is 15.6 Å². The minimum absolute atomic E-state index is 0.111. The van der Waals surface area contributed by atoms with Gasteiger partial charge in [-0.1, -0.05) is 18.2 Å². The van der Waals surface area contributed by atoms with Crippen LogP contribution in [-0.2, 0) is 16.0 Å². The predicted octanol–water partition coefficient (Wildman–Crippen LogP) is 0.290. The molecular weight excluding hydrogens is 268 g/mol. The zero-order valence-electron chi connectivity index (χ0n) is 12.0. The highest BCUT2D eigenvalue weighted by molar-refractivity contribution is 5.86. The number of aromatic amines is 1. The lowest BCUT2D eigenvalue weighted by atomic mass is 10.1. The summed E-state index contributed by atoms with van der Waals surface area (Å²) in [6.07, 6.45) is 2.58. The van der Waals surface area contributed by atoms with Gasteiger partial charge in [-0.2, -0.15) is 0 Å². The lowest BCUT2D eigenvalue weighted by molar-refractivity contribution is -0.123. The van der Waals surface area contributed by atoms with Crippen molar-refractivity contribution in [3.63, 3.8) is 0 Å². The fraction of sp³-hybridized carbons (Fsp3) is 0.333. The standard InChI is InChI=1S/C15H20N4O2/c1-17-14(20)6-7-18-15(21)12(16)8-10-9-19-13-5-3-2-4-11(10)13/h2-5,9,12,19H,6-8,16H2,1H3,(H,17,20)(H,18,21). The van der Waals surface area contributed by atoms with E-state index < -0.39 is 6.04 Å². The summed E-state index contributed by atoms with van der Waals surface area (Å²) in [4.78, 5) is 26.1. The van der Waals surface area contributed by atoms with Gasteiger partial charge in [-0.25, -0.2) is 0 Å². The molecule has 1 heterocycles. The first-order chi connectivity index (χ1) is 10.1. The number of hydrogen-bond donors (Lipinski definition) is 4. The van der Waals surface area contributed by atoms with E-state index in [2.05, 4.69) is 15.6 Å². The van der Waals surface area contributed by atoms with Crippen LogP contribution in [-0.4, -0.2) is 36.4 Å². The average molecular weight is 288 g/mol. The van der Waals surface area contributed by atoms with E-state index in [1.165, 1.54) is 0 Å². The Morgan fingerprint density at radius 3 is 2.86 bits per heavy atom. The number of carbonyl (C=O) groups is 2. The maximum atomic E-state index is 11.9. The normalized spacial score (nSPS) is 12.1. The van der Waals surface area contributed by atoms with Crippen molar-refractivity contribution in [2.75, 3.05) is 13.6 Å². The fourth-order valence-electron chi connectivity index (χ4n) is 2.19. The molecule has 0 fully saturated rings. The van der Waals surface area contributed by atoms with E-state index in [-0.39, 0.29) is 18.2 Å². The van der Waals surface area contributed by atoms with Crippen LogP contribution in [0, 0.1) is 0 Å². The van der Waals surface area contributed by atoms with E-state index in [1.54, 1.807) is 7.05 Å². The minimum Gasteiger partial charge on any atom is -0.361 e. The highest BCUT2D eigenvalue weighted by Gasteiger charge is 2.16. The van der Waals surface area contributed by atoms with Crippen LogP contribution < -0.4 is 16.4 Å². The summed E-state index contributed by atoms with van der Waals surface area (Å²) < 4.78 is 0. The van der Waals surface area contributed by atoms with E-state index in [4.69, 9.17) is 5.73 Å². The number of nitrogens with one attached hydrogen (secondary N) is 3. The molecule has 1 aromatic heterocycles.